The summed E-state index contributed by atoms with van der Waals surface area (Å²) in [6.07, 6.45) is -1.80. The van der Waals surface area contributed by atoms with Gasteiger partial charge in [-0.1, -0.05) is 6.08 Å². The molecule has 1 heterocycles. The van der Waals surface area contributed by atoms with Crippen molar-refractivity contribution in [2.75, 3.05) is 6.54 Å². The van der Waals surface area contributed by atoms with Crippen LogP contribution in [0.4, 0.5) is 13.2 Å². The SMILES string of the molecule is CC(=O)NCC=Cc1c(C(F)(F)F)nc[nH]c1=O. The second kappa shape index (κ2) is 5.48. The number of H-pyrrole nitrogens is 1. The molecule has 1 rings (SSSR count). The molecular weight excluding hydrogens is 251 g/mol. The van der Waals surface area contributed by atoms with E-state index in [1.54, 1.807) is 0 Å². The van der Waals surface area contributed by atoms with Gasteiger partial charge in [-0.2, -0.15) is 13.2 Å². The molecule has 0 bridgehead atoms. The van der Waals surface area contributed by atoms with Crippen molar-refractivity contribution in [2.24, 2.45) is 0 Å². The van der Waals surface area contributed by atoms with Gasteiger partial charge in [-0.25, -0.2) is 4.98 Å². The molecule has 0 radical (unpaired) electrons. The van der Waals surface area contributed by atoms with E-state index in [2.05, 4.69) is 15.3 Å². The van der Waals surface area contributed by atoms with Crippen LogP contribution in [0.15, 0.2) is 17.2 Å². The summed E-state index contributed by atoms with van der Waals surface area (Å²) in [7, 11) is 0. The van der Waals surface area contributed by atoms with Crippen LogP contribution in [0, 0.1) is 0 Å². The molecule has 1 aromatic heterocycles. The molecule has 5 nitrogen and oxygen atoms in total. The van der Waals surface area contributed by atoms with Crippen LogP contribution in [0.1, 0.15) is 18.2 Å². The first-order valence-electron chi connectivity index (χ1n) is 4.88. The number of nitrogens with one attached hydrogen (secondary N) is 2. The Morgan fingerprint density at radius 1 is 1.56 bits per heavy atom. The second-order valence-electron chi connectivity index (χ2n) is 3.33. The first-order valence-corrected chi connectivity index (χ1v) is 4.88. The third-order valence-corrected chi connectivity index (χ3v) is 1.91. The van der Waals surface area contributed by atoms with Crippen molar-refractivity contribution in [1.82, 2.24) is 15.3 Å². The van der Waals surface area contributed by atoms with E-state index >= 15 is 0 Å². The Morgan fingerprint density at radius 3 is 2.78 bits per heavy atom. The molecule has 0 aliphatic carbocycles. The molecule has 8 heteroatoms. The van der Waals surface area contributed by atoms with Crippen molar-refractivity contribution >= 4 is 12.0 Å². The summed E-state index contributed by atoms with van der Waals surface area (Å²) in [5, 5.41) is 2.35. The van der Waals surface area contributed by atoms with Crippen LogP contribution < -0.4 is 10.9 Å². The molecule has 1 aromatic rings. The second-order valence-corrected chi connectivity index (χ2v) is 3.33. The van der Waals surface area contributed by atoms with Crippen molar-refractivity contribution in [3.63, 3.8) is 0 Å². The summed E-state index contributed by atoms with van der Waals surface area (Å²) in [6.45, 7) is 1.30. The fraction of sp³-hybridized carbons (Fsp3) is 0.300. The van der Waals surface area contributed by atoms with Crippen LogP contribution in [0.25, 0.3) is 6.08 Å². The highest BCUT2D eigenvalue weighted by atomic mass is 19.4. The lowest BCUT2D eigenvalue weighted by Crippen LogP contribution is -2.21. The third kappa shape index (κ3) is 3.72. The minimum absolute atomic E-state index is 0.0287. The zero-order valence-electron chi connectivity index (χ0n) is 9.34. The Morgan fingerprint density at radius 2 is 2.22 bits per heavy atom. The van der Waals surface area contributed by atoms with E-state index in [9.17, 15) is 22.8 Å². The number of amides is 1. The molecular formula is C10H10F3N3O2. The zero-order valence-corrected chi connectivity index (χ0v) is 9.34. The van der Waals surface area contributed by atoms with Crippen molar-refractivity contribution < 1.29 is 18.0 Å². The molecule has 0 fully saturated rings. The fourth-order valence-electron chi connectivity index (χ4n) is 1.17. The quantitative estimate of drug-likeness (QED) is 0.850. The maximum atomic E-state index is 12.5. The van der Waals surface area contributed by atoms with Crippen LogP contribution >= 0.6 is 0 Å². The summed E-state index contributed by atoms with van der Waals surface area (Å²) >= 11 is 0. The van der Waals surface area contributed by atoms with Gasteiger partial charge in [0.15, 0.2) is 5.69 Å². The highest BCUT2D eigenvalue weighted by Crippen LogP contribution is 2.28. The van der Waals surface area contributed by atoms with Gasteiger partial charge in [-0.15, -0.1) is 0 Å². The monoisotopic (exact) mass is 261 g/mol. The van der Waals surface area contributed by atoms with Crippen molar-refractivity contribution in [3.05, 3.63) is 34.0 Å². The van der Waals surface area contributed by atoms with Crippen LogP contribution in [-0.4, -0.2) is 22.4 Å². The number of hydrogen-bond acceptors (Lipinski definition) is 3. The van der Waals surface area contributed by atoms with Gasteiger partial charge in [0.05, 0.1) is 11.9 Å². The number of carbonyl (C=O) groups is 1. The molecule has 2 N–H and O–H groups in total. The van der Waals surface area contributed by atoms with Crippen molar-refractivity contribution in [3.8, 4) is 0 Å². The highest BCUT2D eigenvalue weighted by Gasteiger charge is 2.35. The predicted molar refractivity (Wildman–Crippen MR) is 57.6 cm³/mol. The summed E-state index contributed by atoms with van der Waals surface area (Å²) in [5.74, 6) is -0.323. The smallest absolute Gasteiger partial charge is 0.353 e. The minimum atomic E-state index is -4.71. The lowest BCUT2D eigenvalue weighted by Gasteiger charge is -2.07. The zero-order chi connectivity index (χ0) is 13.8. The van der Waals surface area contributed by atoms with Gasteiger partial charge in [0.25, 0.3) is 5.56 Å². The number of hydrogen-bond donors (Lipinski definition) is 2. The molecule has 0 saturated heterocycles. The van der Waals surface area contributed by atoms with E-state index in [4.69, 9.17) is 0 Å². The molecule has 0 spiro atoms. The average molecular weight is 261 g/mol. The topological polar surface area (TPSA) is 74.8 Å². The maximum absolute atomic E-state index is 12.5. The highest BCUT2D eigenvalue weighted by molar-refractivity contribution is 5.73. The lowest BCUT2D eigenvalue weighted by atomic mass is 10.2. The number of halogens is 3. The van der Waals surface area contributed by atoms with Gasteiger partial charge in [0, 0.05) is 13.5 Å². The van der Waals surface area contributed by atoms with E-state index < -0.39 is 23.0 Å². The first kappa shape index (κ1) is 13.9. The predicted octanol–water partition coefficient (Wildman–Crippen LogP) is 0.938. The lowest BCUT2D eigenvalue weighted by molar-refractivity contribution is -0.141. The van der Waals surface area contributed by atoms with Crippen LogP contribution in [-0.2, 0) is 11.0 Å². The number of aromatic amines is 1. The van der Waals surface area contributed by atoms with Crippen LogP contribution in [0.5, 0.6) is 0 Å². The Hall–Kier alpha value is -2.12. The van der Waals surface area contributed by atoms with E-state index in [0.717, 1.165) is 6.08 Å². The van der Waals surface area contributed by atoms with E-state index in [-0.39, 0.29) is 12.5 Å². The van der Waals surface area contributed by atoms with Gasteiger partial charge >= 0.3 is 6.18 Å². The van der Waals surface area contributed by atoms with Gasteiger partial charge in [-0.05, 0) is 6.08 Å². The molecule has 0 atom stereocenters. The van der Waals surface area contributed by atoms with Gasteiger partial charge in [0.1, 0.15) is 0 Å². The minimum Gasteiger partial charge on any atom is -0.353 e. The van der Waals surface area contributed by atoms with Gasteiger partial charge in [-0.3, -0.25) is 9.59 Å². The van der Waals surface area contributed by atoms with Crippen molar-refractivity contribution in [1.29, 1.82) is 0 Å². The molecule has 0 unspecified atom stereocenters. The van der Waals surface area contributed by atoms with Gasteiger partial charge in [0.2, 0.25) is 5.91 Å². The van der Waals surface area contributed by atoms with E-state index in [0.29, 0.717) is 6.33 Å². The number of carbonyl (C=O) groups excluding carboxylic acids is 1. The van der Waals surface area contributed by atoms with Crippen molar-refractivity contribution in [2.45, 2.75) is 13.1 Å². The average Bonchev–Trinajstić information content (AvgIpc) is 2.24. The Labute approximate surface area is 99.7 Å². The van der Waals surface area contributed by atoms with Crippen LogP contribution in [0.2, 0.25) is 0 Å². The summed E-state index contributed by atoms with van der Waals surface area (Å²) in [5.41, 5.74) is -2.74. The summed E-state index contributed by atoms with van der Waals surface area (Å²) in [6, 6.07) is 0. The molecule has 0 saturated carbocycles. The number of alkyl halides is 3. The molecule has 0 aromatic carbocycles. The summed E-state index contributed by atoms with van der Waals surface area (Å²) in [4.78, 5) is 27.0. The molecule has 0 aliphatic heterocycles. The van der Waals surface area contributed by atoms with E-state index in [1.807, 2.05) is 0 Å². The number of rotatable bonds is 3. The van der Waals surface area contributed by atoms with Gasteiger partial charge < -0.3 is 10.3 Å². The molecule has 18 heavy (non-hydrogen) atoms. The number of aromatic nitrogens is 2. The Kier molecular flexibility index (Phi) is 4.24. The number of nitrogens with zero attached hydrogens (tertiary/aromatic N) is 1. The van der Waals surface area contributed by atoms with E-state index in [1.165, 1.54) is 13.0 Å². The Bertz CT molecular complexity index is 520. The maximum Gasteiger partial charge on any atom is 0.434 e. The summed E-state index contributed by atoms with van der Waals surface area (Å²) < 4.78 is 37.6. The third-order valence-electron chi connectivity index (χ3n) is 1.91. The standard InChI is InChI=1S/C10H10F3N3O2/c1-6(17)14-4-2-3-7-8(10(11,12)13)15-5-16-9(7)18/h2-3,5H,4H2,1H3,(H,14,17)(H,15,16,18). The van der Waals surface area contributed by atoms with Crippen LogP contribution in [0.3, 0.4) is 0 Å². The normalized spacial score (nSPS) is 11.8. The fourth-order valence-corrected chi connectivity index (χ4v) is 1.17. The largest absolute Gasteiger partial charge is 0.434 e. The first-order chi connectivity index (χ1) is 8.32. The molecule has 0 aliphatic rings. The Balaban J connectivity index is 3.01. The molecule has 98 valence electrons. The molecule has 1 amide bonds.